The van der Waals surface area contributed by atoms with Crippen LogP contribution in [0.5, 0.6) is 0 Å². The van der Waals surface area contributed by atoms with E-state index in [-0.39, 0.29) is 6.03 Å². The van der Waals surface area contributed by atoms with Gasteiger partial charge in [0, 0.05) is 13.1 Å². The number of urea groups is 1. The summed E-state index contributed by atoms with van der Waals surface area (Å²) in [4.78, 5) is 11.4. The molecule has 18 heavy (non-hydrogen) atoms. The highest BCUT2D eigenvalue weighted by Crippen LogP contribution is 2.22. The Labute approximate surface area is 109 Å². The number of fused-ring (bicyclic) bond motifs is 1. The lowest BCUT2D eigenvalue weighted by Gasteiger charge is -2.08. The van der Waals surface area contributed by atoms with E-state index in [0.717, 1.165) is 19.4 Å². The molecule has 0 aromatic heterocycles. The van der Waals surface area contributed by atoms with Crippen molar-refractivity contribution in [1.29, 1.82) is 0 Å². The van der Waals surface area contributed by atoms with E-state index in [2.05, 4.69) is 28.8 Å². The normalized spacial score (nSPS) is 13.2. The molecule has 0 bridgehead atoms. The summed E-state index contributed by atoms with van der Waals surface area (Å²) in [5.74, 6) is 0. The number of carbonyl (C=O) groups is 1. The van der Waals surface area contributed by atoms with Crippen molar-refractivity contribution in [3.05, 3.63) is 34.9 Å². The van der Waals surface area contributed by atoms with E-state index < -0.39 is 0 Å². The fourth-order valence-corrected chi connectivity index (χ4v) is 2.40. The Morgan fingerprint density at radius 2 is 1.94 bits per heavy atom. The van der Waals surface area contributed by atoms with Crippen LogP contribution >= 0.6 is 0 Å². The Hall–Kier alpha value is -1.51. The molecule has 1 aliphatic rings. The van der Waals surface area contributed by atoms with Crippen LogP contribution in [0.25, 0.3) is 0 Å². The maximum atomic E-state index is 11.4. The van der Waals surface area contributed by atoms with Gasteiger partial charge in [0.2, 0.25) is 0 Å². The zero-order valence-corrected chi connectivity index (χ0v) is 11.1. The van der Waals surface area contributed by atoms with Gasteiger partial charge < -0.3 is 10.6 Å². The number of nitrogens with one attached hydrogen (secondary N) is 2. The smallest absolute Gasteiger partial charge is 0.314 e. The minimum absolute atomic E-state index is 0.0574. The van der Waals surface area contributed by atoms with Crippen LogP contribution in [0, 0.1) is 0 Å². The van der Waals surface area contributed by atoms with Gasteiger partial charge >= 0.3 is 6.03 Å². The molecule has 0 saturated carbocycles. The molecule has 0 heterocycles. The molecular weight excluding hydrogens is 224 g/mol. The van der Waals surface area contributed by atoms with Gasteiger partial charge in [-0.1, -0.05) is 25.1 Å². The molecule has 1 aromatic rings. The van der Waals surface area contributed by atoms with Gasteiger partial charge in [-0.15, -0.1) is 0 Å². The average Bonchev–Trinajstić information content (AvgIpc) is 2.83. The maximum Gasteiger partial charge on any atom is 0.314 e. The first-order valence-electron chi connectivity index (χ1n) is 6.92. The predicted octanol–water partition coefficient (Wildman–Crippen LogP) is 2.43. The molecule has 2 amide bonds. The summed E-state index contributed by atoms with van der Waals surface area (Å²) in [7, 11) is 0. The number of benzene rings is 1. The molecular formula is C15H22N2O. The number of carbonyl (C=O) groups excluding carboxylic acids is 1. The van der Waals surface area contributed by atoms with Crippen LogP contribution in [0.15, 0.2) is 18.2 Å². The molecule has 0 fully saturated rings. The van der Waals surface area contributed by atoms with Crippen molar-refractivity contribution >= 4 is 6.03 Å². The lowest BCUT2D eigenvalue weighted by molar-refractivity contribution is 0.241. The Morgan fingerprint density at radius 1 is 1.17 bits per heavy atom. The molecule has 0 aliphatic heterocycles. The van der Waals surface area contributed by atoms with Gasteiger partial charge in [0.15, 0.2) is 0 Å². The first-order chi connectivity index (χ1) is 8.79. The molecule has 3 heteroatoms. The summed E-state index contributed by atoms with van der Waals surface area (Å²) in [5.41, 5.74) is 4.33. The Kier molecular flexibility index (Phi) is 4.62. The van der Waals surface area contributed by atoms with Crippen molar-refractivity contribution in [1.82, 2.24) is 10.6 Å². The molecule has 0 atom stereocenters. The van der Waals surface area contributed by atoms with Gasteiger partial charge in [-0.25, -0.2) is 4.79 Å². The number of rotatable bonds is 5. The van der Waals surface area contributed by atoms with Gasteiger partial charge in [0.25, 0.3) is 0 Å². The molecule has 1 aromatic carbocycles. The van der Waals surface area contributed by atoms with Crippen LogP contribution in [0.2, 0.25) is 0 Å². The van der Waals surface area contributed by atoms with E-state index in [0.29, 0.717) is 6.54 Å². The van der Waals surface area contributed by atoms with E-state index in [1.54, 1.807) is 0 Å². The highest BCUT2D eigenvalue weighted by Gasteiger charge is 2.10. The van der Waals surface area contributed by atoms with E-state index in [9.17, 15) is 4.79 Å². The molecule has 0 spiro atoms. The second kappa shape index (κ2) is 6.43. The summed E-state index contributed by atoms with van der Waals surface area (Å²) in [6.45, 7) is 3.49. The van der Waals surface area contributed by atoms with Gasteiger partial charge in [0.1, 0.15) is 0 Å². The minimum Gasteiger partial charge on any atom is -0.338 e. The molecule has 0 radical (unpaired) electrons. The van der Waals surface area contributed by atoms with Crippen molar-refractivity contribution in [2.24, 2.45) is 0 Å². The first-order valence-corrected chi connectivity index (χ1v) is 6.92. The van der Waals surface area contributed by atoms with Crippen molar-refractivity contribution in [2.75, 3.05) is 13.1 Å². The standard InChI is InChI=1S/C15H22N2O/c1-2-9-16-15(18)17-10-8-12-6-7-13-4-3-5-14(13)11-12/h6-7,11H,2-5,8-10H2,1H3,(H2,16,17,18). The number of aryl methyl sites for hydroxylation is 2. The third-order valence-electron chi connectivity index (χ3n) is 3.40. The van der Waals surface area contributed by atoms with Gasteiger partial charge in [-0.05, 0) is 48.8 Å². The molecule has 0 unspecified atom stereocenters. The second-order valence-corrected chi connectivity index (χ2v) is 4.89. The number of hydrogen-bond acceptors (Lipinski definition) is 1. The fourth-order valence-electron chi connectivity index (χ4n) is 2.40. The zero-order valence-electron chi connectivity index (χ0n) is 11.1. The predicted molar refractivity (Wildman–Crippen MR) is 73.9 cm³/mol. The maximum absolute atomic E-state index is 11.4. The first kappa shape index (κ1) is 12.9. The summed E-state index contributed by atoms with van der Waals surface area (Å²) >= 11 is 0. The fraction of sp³-hybridized carbons (Fsp3) is 0.533. The third kappa shape index (κ3) is 3.49. The molecule has 98 valence electrons. The number of hydrogen-bond donors (Lipinski definition) is 2. The van der Waals surface area contributed by atoms with Crippen LogP contribution in [-0.2, 0) is 19.3 Å². The van der Waals surface area contributed by atoms with E-state index >= 15 is 0 Å². The van der Waals surface area contributed by atoms with E-state index in [1.165, 1.54) is 36.0 Å². The van der Waals surface area contributed by atoms with Gasteiger partial charge in [0.05, 0.1) is 0 Å². The van der Waals surface area contributed by atoms with E-state index in [1.807, 2.05) is 6.92 Å². The molecule has 1 aliphatic carbocycles. The van der Waals surface area contributed by atoms with Crippen LogP contribution < -0.4 is 10.6 Å². The minimum atomic E-state index is -0.0574. The molecule has 3 nitrogen and oxygen atoms in total. The highest BCUT2D eigenvalue weighted by molar-refractivity contribution is 5.73. The summed E-state index contributed by atoms with van der Waals surface area (Å²) in [5, 5.41) is 5.69. The number of amides is 2. The lowest BCUT2D eigenvalue weighted by Crippen LogP contribution is -2.36. The Balaban J connectivity index is 1.75. The molecule has 2 N–H and O–H groups in total. The molecule has 2 rings (SSSR count). The van der Waals surface area contributed by atoms with E-state index in [4.69, 9.17) is 0 Å². The third-order valence-corrected chi connectivity index (χ3v) is 3.40. The average molecular weight is 246 g/mol. The monoisotopic (exact) mass is 246 g/mol. The van der Waals surface area contributed by atoms with Crippen LogP contribution in [0.4, 0.5) is 4.79 Å². The quantitative estimate of drug-likeness (QED) is 0.823. The Bertz CT molecular complexity index is 415. The molecule has 0 saturated heterocycles. The summed E-state index contributed by atoms with van der Waals surface area (Å²) < 4.78 is 0. The highest BCUT2D eigenvalue weighted by atomic mass is 16.2. The summed E-state index contributed by atoms with van der Waals surface area (Å²) in [6.07, 6.45) is 5.61. The zero-order chi connectivity index (χ0) is 12.8. The summed E-state index contributed by atoms with van der Waals surface area (Å²) in [6, 6.07) is 6.68. The topological polar surface area (TPSA) is 41.1 Å². The van der Waals surface area contributed by atoms with Crippen molar-refractivity contribution in [3.63, 3.8) is 0 Å². The van der Waals surface area contributed by atoms with Crippen molar-refractivity contribution in [3.8, 4) is 0 Å². The lowest BCUT2D eigenvalue weighted by atomic mass is 10.0. The Morgan fingerprint density at radius 3 is 2.78 bits per heavy atom. The van der Waals surface area contributed by atoms with Crippen molar-refractivity contribution in [2.45, 2.75) is 39.0 Å². The van der Waals surface area contributed by atoms with Crippen LogP contribution in [0.1, 0.15) is 36.5 Å². The second-order valence-electron chi connectivity index (χ2n) is 4.89. The van der Waals surface area contributed by atoms with Gasteiger partial charge in [-0.2, -0.15) is 0 Å². The largest absolute Gasteiger partial charge is 0.338 e. The van der Waals surface area contributed by atoms with Crippen molar-refractivity contribution < 1.29 is 4.79 Å². The van der Waals surface area contributed by atoms with Crippen LogP contribution in [0.3, 0.4) is 0 Å². The van der Waals surface area contributed by atoms with Gasteiger partial charge in [-0.3, -0.25) is 0 Å². The SMILES string of the molecule is CCCNC(=O)NCCc1ccc2c(c1)CCC2. The van der Waals surface area contributed by atoms with Crippen LogP contribution in [-0.4, -0.2) is 19.1 Å².